The maximum atomic E-state index is 6.07. The quantitative estimate of drug-likeness (QED) is 0.159. The Morgan fingerprint density at radius 1 is 0.667 bits per heavy atom. The molecule has 2 unspecified atom stereocenters. The molecular weight excluding hydrogens is 797 g/mol. The Kier molecular flexibility index (Phi) is 10.8. The highest BCUT2D eigenvalue weighted by Crippen LogP contribution is 2.52. The fraction of sp³-hybridized carbons (Fsp3) is 0.266. The molecule has 1 N–H and O–H groups in total. The first-order chi connectivity index (χ1) is 31.6. The number of hydrogen-bond acceptors (Lipinski definition) is 1. The minimum absolute atomic E-state index is 0.0950. The third-order valence-corrected chi connectivity index (χ3v) is 15.2. The summed E-state index contributed by atoms with van der Waals surface area (Å²) < 4.78 is 0. The Bertz CT molecular complexity index is 3390. The van der Waals surface area contributed by atoms with Crippen molar-refractivity contribution in [3.63, 3.8) is 0 Å². The van der Waals surface area contributed by atoms with Gasteiger partial charge in [0.1, 0.15) is 0 Å². The van der Waals surface area contributed by atoms with Crippen molar-refractivity contribution in [3.05, 3.63) is 197 Å². The number of allylic oxidation sites excluding steroid dienone is 10. The van der Waals surface area contributed by atoms with Crippen LogP contribution in [0.15, 0.2) is 174 Å². The first kappa shape index (κ1) is 43.4. The maximum Gasteiger partial charge on any atom is 0.0790 e. The second-order valence-corrected chi connectivity index (χ2v) is 21.5. The number of nitrogens with one attached hydrogen (secondary N) is 1. The standard InChI is InChI=1S/C64H64N2/c1-11-42-36-47(30-32-49(42)45-28-31-53-54-33-29-46(63(7,8)9)38-59(54)65-58(53)37-45)64(10)35-34-48(40(2)26-27-41(3)62(4,5)6)57-39-56(52-24-16-20-43-18-12-14-22-50(43)52)60(66-61(57)64)55-25-17-21-44-19-13-15-23-51(44)55/h12-34,37-39,42,65H,11,35-36H2,1-10H3/b40-26+,41-27+. The topological polar surface area (TPSA) is 28.7 Å². The van der Waals surface area contributed by atoms with Crippen LogP contribution in [0.5, 0.6) is 0 Å². The van der Waals surface area contributed by atoms with Gasteiger partial charge in [0.2, 0.25) is 0 Å². The van der Waals surface area contributed by atoms with E-state index >= 15 is 0 Å². The van der Waals surface area contributed by atoms with Gasteiger partial charge < -0.3 is 4.98 Å². The summed E-state index contributed by atoms with van der Waals surface area (Å²) >= 11 is 0. The molecule has 10 rings (SSSR count). The molecule has 0 spiro atoms. The van der Waals surface area contributed by atoms with E-state index < -0.39 is 0 Å². The lowest BCUT2D eigenvalue weighted by Gasteiger charge is -2.40. The van der Waals surface area contributed by atoms with E-state index in [9.17, 15) is 0 Å². The minimum atomic E-state index is -0.325. The van der Waals surface area contributed by atoms with Crippen molar-refractivity contribution >= 4 is 54.5 Å². The predicted molar refractivity (Wildman–Crippen MR) is 286 cm³/mol. The first-order valence-electron chi connectivity index (χ1n) is 24.2. The van der Waals surface area contributed by atoms with Crippen molar-refractivity contribution in [1.29, 1.82) is 0 Å². The van der Waals surface area contributed by atoms with Crippen LogP contribution in [0.1, 0.15) is 111 Å². The molecule has 6 aromatic carbocycles. The van der Waals surface area contributed by atoms with Crippen LogP contribution in [0.3, 0.4) is 0 Å². The summed E-state index contributed by atoms with van der Waals surface area (Å²) in [5.41, 5.74) is 18.7. The van der Waals surface area contributed by atoms with Crippen LogP contribution in [-0.2, 0) is 10.8 Å². The summed E-state index contributed by atoms with van der Waals surface area (Å²) in [6, 6.07) is 47.5. The number of rotatable bonds is 7. The van der Waals surface area contributed by atoms with E-state index in [1.165, 1.54) is 110 Å². The second-order valence-electron chi connectivity index (χ2n) is 21.5. The Morgan fingerprint density at radius 3 is 1.98 bits per heavy atom. The zero-order chi connectivity index (χ0) is 46.1. The summed E-state index contributed by atoms with van der Waals surface area (Å²) in [5.74, 6) is 0.379. The normalized spacial score (nSPS) is 18.5. The summed E-state index contributed by atoms with van der Waals surface area (Å²) in [5, 5.41) is 7.49. The molecule has 0 amide bonds. The zero-order valence-electron chi connectivity index (χ0n) is 40.7. The van der Waals surface area contributed by atoms with E-state index in [0.717, 1.165) is 25.0 Å². The van der Waals surface area contributed by atoms with Gasteiger partial charge in [-0.3, -0.25) is 4.98 Å². The molecule has 2 nitrogen and oxygen atoms in total. The molecule has 2 aliphatic rings. The van der Waals surface area contributed by atoms with E-state index in [0.29, 0.717) is 5.92 Å². The van der Waals surface area contributed by atoms with Crippen molar-refractivity contribution in [1.82, 2.24) is 9.97 Å². The molecule has 2 aliphatic carbocycles. The van der Waals surface area contributed by atoms with Gasteiger partial charge in [-0.05, 0) is 130 Å². The van der Waals surface area contributed by atoms with Crippen LogP contribution in [0.25, 0.3) is 76.9 Å². The fourth-order valence-electron chi connectivity index (χ4n) is 10.6. The van der Waals surface area contributed by atoms with Gasteiger partial charge in [-0.1, -0.05) is 199 Å². The number of fused-ring (bicyclic) bond motifs is 6. The van der Waals surface area contributed by atoms with E-state index in [1.807, 2.05) is 0 Å². The van der Waals surface area contributed by atoms with Gasteiger partial charge in [0.05, 0.1) is 11.4 Å². The van der Waals surface area contributed by atoms with Gasteiger partial charge in [0, 0.05) is 43.9 Å². The van der Waals surface area contributed by atoms with Crippen molar-refractivity contribution in [3.8, 4) is 22.4 Å². The highest BCUT2D eigenvalue weighted by Gasteiger charge is 2.40. The molecule has 66 heavy (non-hydrogen) atoms. The third-order valence-electron chi connectivity index (χ3n) is 15.2. The molecule has 0 bridgehead atoms. The van der Waals surface area contributed by atoms with Crippen LogP contribution in [0.4, 0.5) is 0 Å². The average molecular weight is 861 g/mol. The van der Waals surface area contributed by atoms with Crippen LogP contribution < -0.4 is 0 Å². The molecule has 0 saturated carbocycles. The molecule has 8 aromatic rings. The molecule has 330 valence electrons. The minimum Gasteiger partial charge on any atom is -0.354 e. The highest BCUT2D eigenvalue weighted by molar-refractivity contribution is 6.08. The van der Waals surface area contributed by atoms with Crippen molar-refractivity contribution in [2.45, 2.75) is 99.3 Å². The van der Waals surface area contributed by atoms with Crippen molar-refractivity contribution < 1.29 is 0 Å². The largest absolute Gasteiger partial charge is 0.354 e. The number of benzene rings is 6. The Morgan fingerprint density at radius 2 is 1.30 bits per heavy atom. The van der Waals surface area contributed by atoms with Gasteiger partial charge in [-0.15, -0.1) is 0 Å². The van der Waals surface area contributed by atoms with Gasteiger partial charge in [0.25, 0.3) is 0 Å². The van der Waals surface area contributed by atoms with Gasteiger partial charge in [-0.2, -0.15) is 0 Å². The number of hydrogen-bond donors (Lipinski definition) is 1. The van der Waals surface area contributed by atoms with Crippen LogP contribution >= 0.6 is 0 Å². The van der Waals surface area contributed by atoms with E-state index in [-0.39, 0.29) is 16.2 Å². The second kappa shape index (κ2) is 16.4. The van der Waals surface area contributed by atoms with Crippen molar-refractivity contribution in [2.75, 3.05) is 0 Å². The molecule has 0 radical (unpaired) electrons. The molecule has 2 aromatic heterocycles. The van der Waals surface area contributed by atoms with Crippen molar-refractivity contribution in [2.24, 2.45) is 11.3 Å². The highest BCUT2D eigenvalue weighted by atomic mass is 14.8. The summed E-state index contributed by atoms with van der Waals surface area (Å²) in [4.78, 5) is 9.87. The summed E-state index contributed by atoms with van der Waals surface area (Å²) in [7, 11) is 0. The third kappa shape index (κ3) is 7.59. The van der Waals surface area contributed by atoms with Gasteiger partial charge in [0.15, 0.2) is 0 Å². The van der Waals surface area contributed by atoms with E-state index in [4.69, 9.17) is 4.98 Å². The number of H-pyrrole nitrogens is 1. The summed E-state index contributed by atoms with van der Waals surface area (Å²) in [6.45, 7) is 23.1. The lowest BCUT2D eigenvalue weighted by Crippen LogP contribution is -2.32. The number of nitrogens with zero attached hydrogens (tertiary/aromatic N) is 1. The average Bonchev–Trinajstić information content (AvgIpc) is 3.69. The Labute approximate surface area is 392 Å². The van der Waals surface area contributed by atoms with Gasteiger partial charge >= 0.3 is 0 Å². The first-order valence-corrected chi connectivity index (χ1v) is 24.2. The molecule has 0 fully saturated rings. The van der Waals surface area contributed by atoms with Crippen LogP contribution in [0, 0.1) is 11.3 Å². The van der Waals surface area contributed by atoms with Crippen LogP contribution in [-0.4, -0.2) is 9.97 Å². The molecule has 2 heteroatoms. The molecule has 2 atom stereocenters. The number of aromatic amines is 1. The molecule has 0 saturated heterocycles. The molecule has 0 aliphatic heterocycles. The van der Waals surface area contributed by atoms with Gasteiger partial charge in [-0.25, -0.2) is 0 Å². The molecular formula is C64H64N2. The fourth-order valence-corrected chi connectivity index (χ4v) is 10.6. The zero-order valence-corrected chi connectivity index (χ0v) is 40.7. The number of aromatic nitrogens is 2. The smallest absolute Gasteiger partial charge is 0.0790 e. The number of pyridine rings is 1. The summed E-state index contributed by atoms with van der Waals surface area (Å²) in [6.07, 6.45) is 15.0. The Hall–Kier alpha value is -6.51. The van der Waals surface area contributed by atoms with Crippen LogP contribution in [0.2, 0.25) is 0 Å². The maximum absolute atomic E-state index is 6.07. The molecule has 2 heterocycles. The lowest BCUT2D eigenvalue weighted by atomic mass is 9.65. The predicted octanol–water partition coefficient (Wildman–Crippen LogP) is 18.1. The SMILES string of the molecule is CCC1CC(C2(C)CC=C(/C(C)=C/C=C(\C)C(C)(C)C)c3cc(-c4cccc5ccccc45)c(-c4cccc5ccccc45)nc32)=CC=C1c1ccc2c(c1)[nH]c1cc(C(C)(C)C)ccc12. The lowest BCUT2D eigenvalue weighted by molar-refractivity contribution is 0.484. The van der Waals surface area contributed by atoms with E-state index in [1.54, 1.807) is 0 Å². The monoisotopic (exact) mass is 861 g/mol. The Balaban J connectivity index is 1.17. The van der Waals surface area contributed by atoms with E-state index in [2.05, 4.69) is 232 Å².